The summed E-state index contributed by atoms with van der Waals surface area (Å²) in [6.07, 6.45) is 3.86. The number of nitrogens with zero attached hydrogens (tertiary/aromatic N) is 1. The van der Waals surface area contributed by atoms with Crippen molar-refractivity contribution in [1.29, 1.82) is 0 Å². The van der Waals surface area contributed by atoms with Gasteiger partial charge in [0.1, 0.15) is 0 Å². The number of nitrogens with one attached hydrogen (secondary N) is 1. The molecule has 3 heteroatoms. The van der Waals surface area contributed by atoms with E-state index in [4.69, 9.17) is 4.74 Å². The summed E-state index contributed by atoms with van der Waals surface area (Å²) in [5.74, 6) is 0. The van der Waals surface area contributed by atoms with Crippen LogP contribution in [-0.4, -0.2) is 49.3 Å². The minimum Gasteiger partial charge on any atom is -0.378 e. The van der Waals surface area contributed by atoms with E-state index in [1.54, 1.807) is 0 Å². The summed E-state index contributed by atoms with van der Waals surface area (Å²) < 4.78 is 5.54. The molecule has 2 aliphatic rings. The Morgan fingerprint density at radius 1 is 1.53 bits per heavy atom. The topological polar surface area (TPSA) is 24.5 Å². The molecule has 15 heavy (non-hydrogen) atoms. The predicted molar refractivity (Wildman–Crippen MR) is 62.1 cm³/mol. The van der Waals surface area contributed by atoms with E-state index in [0.717, 1.165) is 19.8 Å². The maximum atomic E-state index is 5.54. The summed E-state index contributed by atoms with van der Waals surface area (Å²) in [5, 5.41) is 3.64. The number of ether oxygens (including phenoxy) is 1. The molecule has 0 aromatic carbocycles. The van der Waals surface area contributed by atoms with Crippen LogP contribution in [-0.2, 0) is 4.74 Å². The first-order valence-corrected chi connectivity index (χ1v) is 6.30. The maximum absolute atomic E-state index is 5.54. The van der Waals surface area contributed by atoms with Crippen molar-refractivity contribution in [2.75, 3.05) is 32.8 Å². The van der Waals surface area contributed by atoms with E-state index >= 15 is 0 Å². The highest BCUT2D eigenvalue weighted by Crippen LogP contribution is 2.22. The van der Waals surface area contributed by atoms with Gasteiger partial charge >= 0.3 is 0 Å². The van der Waals surface area contributed by atoms with E-state index in [1.165, 1.54) is 32.4 Å². The second-order valence-electron chi connectivity index (χ2n) is 5.20. The average molecular weight is 212 g/mol. The Hall–Kier alpha value is -0.120. The van der Waals surface area contributed by atoms with Gasteiger partial charge in [0.25, 0.3) is 0 Å². The minimum absolute atomic E-state index is 0.352. The first-order chi connectivity index (χ1) is 7.23. The number of hydrogen-bond donors (Lipinski definition) is 1. The molecule has 0 bridgehead atoms. The number of hydrogen-bond acceptors (Lipinski definition) is 3. The fourth-order valence-electron chi connectivity index (χ4n) is 2.81. The van der Waals surface area contributed by atoms with E-state index in [-0.39, 0.29) is 0 Å². The van der Waals surface area contributed by atoms with Crippen LogP contribution in [0.15, 0.2) is 0 Å². The molecule has 0 aromatic rings. The van der Waals surface area contributed by atoms with Crippen LogP contribution >= 0.6 is 0 Å². The lowest BCUT2D eigenvalue weighted by Crippen LogP contribution is -2.54. The quantitative estimate of drug-likeness (QED) is 0.762. The fraction of sp³-hybridized carbons (Fsp3) is 1.00. The smallest absolute Gasteiger partial charge is 0.0622 e. The SMILES string of the molecule is CCC1COCCN1CC1(C)CCCN1. The van der Waals surface area contributed by atoms with Crippen molar-refractivity contribution in [1.82, 2.24) is 10.2 Å². The van der Waals surface area contributed by atoms with E-state index in [2.05, 4.69) is 24.1 Å². The Balaban J connectivity index is 1.90. The summed E-state index contributed by atoms with van der Waals surface area (Å²) in [7, 11) is 0. The molecule has 0 aliphatic carbocycles. The lowest BCUT2D eigenvalue weighted by molar-refractivity contribution is -0.0184. The van der Waals surface area contributed by atoms with Crippen LogP contribution in [0.5, 0.6) is 0 Å². The van der Waals surface area contributed by atoms with Gasteiger partial charge in [-0.15, -0.1) is 0 Å². The third-order valence-electron chi connectivity index (χ3n) is 3.83. The summed E-state index contributed by atoms with van der Waals surface area (Å²) >= 11 is 0. The molecule has 0 saturated carbocycles. The summed E-state index contributed by atoms with van der Waals surface area (Å²) in [5.41, 5.74) is 0.352. The van der Waals surface area contributed by atoms with E-state index < -0.39 is 0 Å². The first kappa shape index (κ1) is 11.4. The highest BCUT2D eigenvalue weighted by Gasteiger charge is 2.33. The zero-order valence-corrected chi connectivity index (χ0v) is 10.1. The molecular weight excluding hydrogens is 188 g/mol. The van der Waals surface area contributed by atoms with Crippen molar-refractivity contribution < 1.29 is 4.74 Å². The predicted octanol–water partition coefficient (Wildman–Crippen LogP) is 1.24. The molecule has 2 saturated heterocycles. The zero-order chi connectivity index (χ0) is 10.7. The monoisotopic (exact) mass is 212 g/mol. The zero-order valence-electron chi connectivity index (χ0n) is 10.1. The second-order valence-corrected chi connectivity index (χ2v) is 5.20. The van der Waals surface area contributed by atoms with Crippen LogP contribution in [0.1, 0.15) is 33.1 Å². The summed E-state index contributed by atoms with van der Waals surface area (Å²) in [6, 6.07) is 0.637. The van der Waals surface area contributed by atoms with Crippen LogP contribution in [0.2, 0.25) is 0 Å². The maximum Gasteiger partial charge on any atom is 0.0622 e. The lowest BCUT2D eigenvalue weighted by atomic mass is 9.98. The van der Waals surface area contributed by atoms with E-state index in [0.29, 0.717) is 11.6 Å². The molecular formula is C12H24N2O. The first-order valence-electron chi connectivity index (χ1n) is 6.30. The Morgan fingerprint density at radius 2 is 2.40 bits per heavy atom. The van der Waals surface area contributed by atoms with E-state index in [9.17, 15) is 0 Å². The number of rotatable bonds is 3. The molecule has 2 heterocycles. The normalized spacial score (nSPS) is 38.4. The summed E-state index contributed by atoms with van der Waals surface area (Å²) in [6.45, 7) is 9.94. The summed E-state index contributed by atoms with van der Waals surface area (Å²) in [4.78, 5) is 2.61. The molecule has 0 amide bonds. The molecule has 0 aromatic heterocycles. The molecule has 2 aliphatic heterocycles. The van der Waals surface area contributed by atoms with E-state index in [1.807, 2.05) is 0 Å². The Kier molecular flexibility index (Phi) is 3.65. The van der Waals surface area contributed by atoms with Crippen molar-refractivity contribution in [2.24, 2.45) is 0 Å². The van der Waals surface area contributed by atoms with Crippen LogP contribution < -0.4 is 5.32 Å². The number of morpholine rings is 1. The van der Waals surface area contributed by atoms with Gasteiger partial charge in [-0.2, -0.15) is 0 Å². The third kappa shape index (κ3) is 2.71. The van der Waals surface area contributed by atoms with Crippen LogP contribution in [0, 0.1) is 0 Å². The van der Waals surface area contributed by atoms with Gasteiger partial charge in [-0.25, -0.2) is 0 Å². The lowest BCUT2D eigenvalue weighted by Gasteiger charge is -2.40. The Bertz CT molecular complexity index is 202. The van der Waals surface area contributed by atoms with Gasteiger partial charge in [0.05, 0.1) is 13.2 Å². The van der Waals surface area contributed by atoms with Crippen molar-refractivity contribution in [3.63, 3.8) is 0 Å². The van der Waals surface area contributed by atoms with Crippen LogP contribution in [0.4, 0.5) is 0 Å². The molecule has 2 unspecified atom stereocenters. The largest absolute Gasteiger partial charge is 0.378 e. The van der Waals surface area contributed by atoms with Gasteiger partial charge in [-0.3, -0.25) is 4.90 Å². The minimum atomic E-state index is 0.352. The molecule has 0 radical (unpaired) electrons. The Labute approximate surface area is 93.2 Å². The second kappa shape index (κ2) is 4.81. The highest BCUT2D eigenvalue weighted by molar-refractivity contribution is 4.93. The van der Waals surface area contributed by atoms with Gasteiger partial charge in [-0.05, 0) is 32.7 Å². The fourth-order valence-corrected chi connectivity index (χ4v) is 2.81. The van der Waals surface area contributed by atoms with Gasteiger partial charge in [-0.1, -0.05) is 6.92 Å². The van der Waals surface area contributed by atoms with Gasteiger partial charge in [0.15, 0.2) is 0 Å². The molecule has 2 atom stereocenters. The molecule has 0 spiro atoms. The van der Waals surface area contributed by atoms with Crippen molar-refractivity contribution >= 4 is 0 Å². The van der Waals surface area contributed by atoms with Gasteiger partial charge < -0.3 is 10.1 Å². The van der Waals surface area contributed by atoms with Crippen LogP contribution in [0.25, 0.3) is 0 Å². The third-order valence-corrected chi connectivity index (χ3v) is 3.83. The highest BCUT2D eigenvalue weighted by atomic mass is 16.5. The molecule has 1 N–H and O–H groups in total. The molecule has 2 rings (SSSR count). The van der Waals surface area contributed by atoms with Gasteiger partial charge in [0, 0.05) is 24.7 Å². The average Bonchev–Trinajstić information content (AvgIpc) is 2.66. The standard InChI is InChI=1S/C12H24N2O/c1-3-11-9-15-8-7-14(11)10-12(2)5-4-6-13-12/h11,13H,3-10H2,1-2H3. The molecule has 3 nitrogen and oxygen atoms in total. The Morgan fingerprint density at radius 3 is 3.07 bits per heavy atom. The van der Waals surface area contributed by atoms with Crippen molar-refractivity contribution in [2.45, 2.75) is 44.7 Å². The van der Waals surface area contributed by atoms with Crippen molar-refractivity contribution in [3.8, 4) is 0 Å². The van der Waals surface area contributed by atoms with Gasteiger partial charge in [0.2, 0.25) is 0 Å². The molecule has 88 valence electrons. The molecule has 2 fully saturated rings. The van der Waals surface area contributed by atoms with Crippen LogP contribution in [0.3, 0.4) is 0 Å². The van der Waals surface area contributed by atoms with Crippen molar-refractivity contribution in [3.05, 3.63) is 0 Å².